The number of benzene rings is 2. The standard InChI is InChI=1S/C22H26O3.C10H16O2/c1-17(2)16-24-18(3)25-22-14-10-20(11-15-22)7-5-4-6-19-8-12-21(23)13-9-19;1-8(2)10(11)12-9-6-4-3-5-7-9/h4-15,17-18,23H,16H2,1-3H3;9H,1,3-7H2,2H3. The van der Waals surface area contributed by atoms with E-state index in [4.69, 9.17) is 14.2 Å². The third kappa shape index (κ3) is 13.0. The SMILES string of the molecule is C=C(C)C(=O)OC1CCCCC1.CC(C)COC(C)Oc1ccc(C=CC=Cc2ccc(O)cc2)cc1. The number of hydrogen-bond donors (Lipinski definition) is 1. The molecule has 5 heteroatoms. The smallest absolute Gasteiger partial charge is 0.333 e. The van der Waals surface area contributed by atoms with Crippen molar-refractivity contribution in [3.05, 3.63) is 84.0 Å². The fourth-order valence-corrected chi connectivity index (χ4v) is 3.56. The molecule has 2 aromatic rings. The Balaban J connectivity index is 0.000000335. The molecule has 5 nitrogen and oxygen atoms in total. The van der Waals surface area contributed by atoms with Crippen LogP contribution >= 0.6 is 0 Å². The number of esters is 1. The first-order chi connectivity index (χ1) is 17.7. The average Bonchev–Trinajstić information content (AvgIpc) is 2.88. The molecule has 0 bridgehead atoms. The maximum Gasteiger partial charge on any atom is 0.333 e. The summed E-state index contributed by atoms with van der Waals surface area (Å²) in [6.45, 7) is 12.1. The first kappa shape index (κ1) is 29.9. The van der Waals surface area contributed by atoms with E-state index >= 15 is 0 Å². The third-order valence-corrected chi connectivity index (χ3v) is 5.60. The molecule has 1 aliphatic rings. The first-order valence-corrected chi connectivity index (χ1v) is 13.1. The Hall–Kier alpha value is -3.31. The van der Waals surface area contributed by atoms with Gasteiger partial charge in [-0.25, -0.2) is 4.79 Å². The number of hydrogen-bond acceptors (Lipinski definition) is 5. The van der Waals surface area contributed by atoms with Crippen molar-refractivity contribution in [1.29, 1.82) is 0 Å². The largest absolute Gasteiger partial charge is 0.508 e. The Bertz CT molecular complexity index is 996. The predicted molar refractivity (Wildman–Crippen MR) is 151 cm³/mol. The zero-order chi connectivity index (χ0) is 27.0. The van der Waals surface area contributed by atoms with Crippen LogP contribution in [0.15, 0.2) is 72.8 Å². The van der Waals surface area contributed by atoms with Gasteiger partial charge in [-0.15, -0.1) is 0 Å². The first-order valence-electron chi connectivity index (χ1n) is 13.1. The molecule has 1 N–H and O–H groups in total. The number of rotatable bonds is 10. The highest BCUT2D eigenvalue weighted by Gasteiger charge is 2.17. The van der Waals surface area contributed by atoms with Gasteiger partial charge in [-0.3, -0.25) is 0 Å². The van der Waals surface area contributed by atoms with E-state index < -0.39 is 0 Å². The quantitative estimate of drug-likeness (QED) is 0.153. The van der Waals surface area contributed by atoms with Crippen LogP contribution in [0.4, 0.5) is 0 Å². The van der Waals surface area contributed by atoms with E-state index in [0.717, 1.165) is 29.7 Å². The Labute approximate surface area is 222 Å². The number of allylic oxidation sites excluding steroid dienone is 2. The van der Waals surface area contributed by atoms with Gasteiger partial charge in [0.1, 0.15) is 17.6 Å². The summed E-state index contributed by atoms with van der Waals surface area (Å²) in [6, 6.07) is 15.0. The highest BCUT2D eigenvalue weighted by atomic mass is 16.7. The maximum atomic E-state index is 11.1. The Morgan fingerprint density at radius 2 is 1.49 bits per heavy atom. The molecule has 0 saturated heterocycles. The van der Waals surface area contributed by atoms with E-state index in [1.165, 1.54) is 19.3 Å². The van der Waals surface area contributed by atoms with Gasteiger partial charge in [0.25, 0.3) is 0 Å². The summed E-state index contributed by atoms with van der Waals surface area (Å²) < 4.78 is 16.6. The van der Waals surface area contributed by atoms with Crippen LogP contribution < -0.4 is 4.74 Å². The summed E-state index contributed by atoms with van der Waals surface area (Å²) in [5, 5.41) is 9.25. The molecule has 1 aliphatic carbocycles. The van der Waals surface area contributed by atoms with Crippen LogP contribution in [0.2, 0.25) is 0 Å². The van der Waals surface area contributed by atoms with Crippen molar-refractivity contribution in [2.75, 3.05) is 6.61 Å². The van der Waals surface area contributed by atoms with Gasteiger partial charge < -0.3 is 19.3 Å². The van der Waals surface area contributed by atoms with Crippen molar-refractivity contribution in [1.82, 2.24) is 0 Å². The maximum absolute atomic E-state index is 11.1. The van der Waals surface area contributed by atoms with E-state index in [2.05, 4.69) is 20.4 Å². The molecule has 1 fully saturated rings. The van der Waals surface area contributed by atoms with Crippen LogP contribution in [0, 0.1) is 5.92 Å². The average molecular weight is 507 g/mol. The van der Waals surface area contributed by atoms with Crippen LogP contribution in [0.3, 0.4) is 0 Å². The molecule has 3 rings (SSSR count). The molecule has 2 aromatic carbocycles. The van der Waals surface area contributed by atoms with Crippen molar-refractivity contribution in [3.8, 4) is 11.5 Å². The molecule has 0 heterocycles. The summed E-state index contributed by atoms with van der Waals surface area (Å²) in [4.78, 5) is 11.1. The van der Waals surface area contributed by atoms with Crippen LogP contribution in [0.5, 0.6) is 11.5 Å². The van der Waals surface area contributed by atoms with E-state index in [1.807, 2.05) is 67.6 Å². The summed E-state index contributed by atoms with van der Waals surface area (Å²) in [6.07, 6.45) is 13.6. The molecule has 0 aliphatic heterocycles. The van der Waals surface area contributed by atoms with Crippen LogP contribution in [-0.2, 0) is 14.3 Å². The Morgan fingerprint density at radius 1 is 0.946 bits per heavy atom. The molecule has 1 unspecified atom stereocenters. The van der Waals surface area contributed by atoms with E-state index in [0.29, 0.717) is 18.1 Å². The molecular formula is C32H42O5. The summed E-state index contributed by atoms with van der Waals surface area (Å²) in [5.41, 5.74) is 2.64. The number of phenols is 1. The Kier molecular flexibility index (Phi) is 13.3. The summed E-state index contributed by atoms with van der Waals surface area (Å²) >= 11 is 0. The van der Waals surface area contributed by atoms with Crippen molar-refractivity contribution in [2.45, 2.75) is 72.2 Å². The minimum absolute atomic E-state index is 0.156. The summed E-state index contributed by atoms with van der Waals surface area (Å²) in [7, 11) is 0. The van der Waals surface area contributed by atoms with Gasteiger partial charge in [0.2, 0.25) is 0 Å². The van der Waals surface area contributed by atoms with Gasteiger partial charge in [-0.05, 0) is 80.8 Å². The fraction of sp³-hybridized carbons (Fsp3) is 0.406. The second-order valence-corrected chi connectivity index (χ2v) is 9.74. The Morgan fingerprint density at radius 3 is 2.00 bits per heavy atom. The highest BCUT2D eigenvalue weighted by Crippen LogP contribution is 2.21. The molecular weight excluding hydrogens is 464 g/mol. The molecule has 1 saturated carbocycles. The van der Waals surface area contributed by atoms with Gasteiger partial charge in [0, 0.05) is 5.57 Å². The van der Waals surface area contributed by atoms with Crippen molar-refractivity contribution < 1.29 is 24.1 Å². The second kappa shape index (κ2) is 16.4. The zero-order valence-corrected chi connectivity index (χ0v) is 22.7. The summed E-state index contributed by atoms with van der Waals surface area (Å²) in [5.74, 6) is 1.34. The van der Waals surface area contributed by atoms with Crippen molar-refractivity contribution in [2.24, 2.45) is 5.92 Å². The molecule has 0 aromatic heterocycles. The molecule has 0 spiro atoms. The van der Waals surface area contributed by atoms with Crippen LogP contribution in [0.25, 0.3) is 12.2 Å². The lowest BCUT2D eigenvalue weighted by atomic mass is 9.98. The highest BCUT2D eigenvalue weighted by molar-refractivity contribution is 5.87. The number of ether oxygens (including phenoxy) is 3. The second-order valence-electron chi connectivity index (χ2n) is 9.74. The van der Waals surface area contributed by atoms with Gasteiger partial charge in [0.15, 0.2) is 6.29 Å². The van der Waals surface area contributed by atoms with Crippen molar-refractivity contribution in [3.63, 3.8) is 0 Å². The van der Waals surface area contributed by atoms with E-state index in [1.54, 1.807) is 19.1 Å². The topological polar surface area (TPSA) is 65.0 Å². The zero-order valence-electron chi connectivity index (χ0n) is 22.7. The monoisotopic (exact) mass is 506 g/mol. The van der Waals surface area contributed by atoms with E-state index in [9.17, 15) is 9.90 Å². The van der Waals surface area contributed by atoms with E-state index in [-0.39, 0.29) is 24.1 Å². The van der Waals surface area contributed by atoms with Gasteiger partial charge in [-0.1, -0.05) is 75.4 Å². The number of aromatic hydroxyl groups is 1. The van der Waals surface area contributed by atoms with Crippen molar-refractivity contribution >= 4 is 18.1 Å². The predicted octanol–water partition coefficient (Wildman–Crippen LogP) is 7.95. The molecule has 200 valence electrons. The molecule has 1 atom stereocenters. The third-order valence-electron chi connectivity index (χ3n) is 5.60. The van der Waals surface area contributed by atoms with Crippen LogP contribution in [-0.4, -0.2) is 30.1 Å². The van der Waals surface area contributed by atoms with Gasteiger partial charge in [0.05, 0.1) is 6.61 Å². The lowest BCUT2D eigenvalue weighted by Gasteiger charge is -2.21. The normalized spacial score (nSPS) is 14.8. The van der Waals surface area contributed by atoms with Crippen LogP contribution in [0.1, 0.15) is 70.9 Å². The van der Waals surface area contributed by atoms with Gasteiger partial charge >= 0.3 is 5.97 Å². The number of phenolic OH excluding ortho intramolecular Hbond substituents is 1. The lowest BCUT2D eigenvalue weighted by molar-refractivity contribution is -0.145. The minimum atomic E-state index is -0.253. The molecule has 37 heavy (non-hydrogen) atoms. The molecule has 0 radical (unpaired) electrons. The van der Waals surface area contributed by atoms with Gasteiger partial charge in [-0.2, -0.15) is 0 Å². The molecule has 0 amide bonds. The fourth-order valence-electron chi connectivity index (χ4n) is 3.56. The number of carbonyl (C=O) groups excluding carboxylic acids is 1. The lowest BCUT2D eigenvalue weighted by Crippen LogP contribution is -2.20. The minimum Gasteiger partial charge on any atom is -0.508 e. The number of carbonyl (C=O) groups is 1.